The second kappa shape index (κ2) is 5.43. The number of β-amino-alcohol motifs (C(OH)–C–C–N with tert-alkyl or cyclic N) is 1. The Kier molecular flexibility index (Phi) is 3.90. The second-order valence-electron chi connectivity index (χ2n) is 4.48. The molecule has 98 valence electrons. The summed E-state index contributed by atoms with van der Waals surface area (Å²) in [6.45, 7) is 0.770. The standard InChI is InChI=1S/C12H17N3O3/c13-10(11(17)8-1-4-14-5-2-8)12(18)15-6-3-9(16)7-15/h1-2,4-5,9-11,16-17H,3,6-7,13H2/t9-,10-,11+/m1/s1. The molecule has 0 aliphatic carbocycles. The van der Waals surface area contributed by atoms with Crippen molar-refractivity contribution in [2.75, 3.05) is 13.1 Å². The van der Waals surface area contributed by atoms with Gasteiger partial charge in [-0.25, -0.2) is 0 Å². The van der Waals surface area contributed by atoms with Gasteiger partial charge >= 0.3 is 0 Å². The molecule has 1 aliphatic heterocycles. The highest BCUT2D eigenvalue weighted by molar-refractivity contribution is 5.82. The lowest BCUT2D eigenvalue weighted by Crippen LogP contribution is -2.46. The van der Waals surface area contributed by atoms with E-state index in [9.17, 15) is 15.0 Å². The monoisotopic (exact) mass is 251 g/mol. The van der Waals surface area contributed by atoms with Gasteiger partial charge in [0.15, 0.2) is 0 Å². The highest BCUT2D eigenvalue weighted by Crippen LogP contribution is 2.18. The summed E-state index contributed by atoms with van der Waals surface area (Å²) in [5.41, 5.74) is 6.34. The molecule has 0 unspecified atom stereocenters. The van der Waals surface area contributed by atoms with Gasteiger partial charge in [0.1, 0.15) is 12.1 Å². The van der Waals surface area contributed by atoms with Crippen LogP contribution < -0.4 is 5.73 Å². The number of hydrogen-bond donors (Lipinski definition) is 3. The molecule has 4 N–H and O–H groups in total. The van der Waals surface area contributed by atoms with Gasteiger partial charge in [-0.05, 0) is 24.1 Å². The number of rotatable bonds is 3. The number of nitrogens with two attached hydrogens (primary N) is 1. The molecule has 0 spiro atoms. The summed E-state index contributed by atoms with van der Waals surface area (Å²) < 4.78 is 0. The fraction of sp³-hybridized carbons (Fsp3) is 0.500. The highest BCUT2D eigenvalue weighted by atomic mass is 16.3. The fourth-order valence-electron chi connectivity index (χ4n) is 2.06. The Morgan fingerprint density at radius 2 is 2.17 bits per heavy atom. The third kappa shape index (κ3) is 2.66. The van der Waals surface area contributed by atoms with Crippen molar-refractivity contribution in [1.82, 2.24) is 9.88 Å². The van der Waals surface area contributed by atoms with Crippen molar-refractivity contribution in [2.24, 2.45) is 5.73 Å². The van der Waals surface area contributed by atoms with E-state index in [1.54, 1.807) is 12.1 Å². The van der Waals surface area contributed by atoms with Crippen molar-refractivity contribution in [3.63, 3.8) is 0 Å². The molecule has 2 rings (SSSR count). The molecule has 0 radical (unpaired) electrons. The van der Waals surface area contributed by atoms with Crippen LogP contribution in [0.5, 0.6) is 0 Å². The fourth-order valence-corrected chi connectivity index (χ4v) is 2.06. The number of aromatic nitrogens is 1. The van der Waals surface area contributed by atoms with Crippen molar-refractivity contribution in [3.05, 3.63) is 30.1 Å². The molecular formula is C12H17N3O3. The van der Waals surface area contributed by atoms with Gasteiger partial charge in [-0.1, -0.05) is 0 Å². The third-order valence-electron chi connectivity index (χ3n) is 3.15. The molecule has 1 fully saturated rings. The second-order valence-corrected chi connectivity index (χ2v) is 4.48. The van der Waals surface area contributed by atoms with Gasteiger partial charge < -0.3 is 20.8 Å². The van der Waals surface area contributed by atoms with Gasteiger partial charge in [-0.3, -0.25) is 9.78 Å². The van der Waals surface area contributed by atoms with Crippen LogP contribution >= 0.6 is 0 Å². The lowest BCUT2D eigenvalue weighted by Gasteiger charge is -2.24. The van der Waals surface area contributed by atoms with Crippen molar-refractivity contribution in [2.45, 2.75) is 24.7 Å². The van der Waals surface area contributed by atoms with E-state index in [1.807, 2.05) is 0 Å². The van der Waals surface area contributed by atoms with E-state index in [0.29, 0.717) is 18.5 Å². The third-order valence-corrected chi connectivity index (χ3v) is 3.15. The molecule has 1 amide bonds. The summed E-state index contributed by atoms with van der Waals surface area (Å²) in [6.07, 6.45) is 2.09. The number of hydrogen-bond acceptors (Lipinski definition) is 5. The van der Waals surface area contributed by atoms with E-state index < -0.39 is 18.2 Å². The van der Waals surface area contributed by atoms with Crippen LogP contribution in [-0.2, 0) is 4.79 Å². The number of pyridine rings is 1. The lowest BCUT2D eigenvalue weighted by molar-refractivity contribution is -0.134. The Hall–Kier alpha value is -1.50. The molecule has 1 aliphatic rings. The van der Waals surface area contributed by atoms with Crippen LogP contribution in [0.2, 0.25) is 0 Å². The predicted molar refractivity (Wildman–Crippen MR) is 64.4 cm³/mol. The number of aliphatic hydroxyl groups is 2. The first-order chi connectivity index (χ1) is 8.59. The van der Waals surface area contributed by atoms with Crippen molar-refractivity contribution >= 4 is 5.91 Å². The average molecular weight is 251 g/mol. The SMILES string of the molecule is N[C@@H](C(=O)N1CC[C@@H](O)C1)[C@@H](O)c1ccncc1. The van der Waals surface area contributed by atoms with Gasteiger partial charge in [-0.15, -0.1) is 0 Å². The molecule has 6 nitrogen and oxygen atoms in total. The summed E-state index contributed by atoms with van der Waals surface area (Å²) in [5, 5.41) is 19.4. The molecule has 3 atom stereocenters. The number of carbonyl (C=O) groups is 1. The van der Waals surface area contributed by atoms with E-state index >= 15 is 0 Å². The van der Waals surface area contributed by atoms with E-state index in [1.165, 1.54) is 17.3 Å². The minimum Gasteiger partial charge on any atom is -0.391 e. The van der Waals surface area contributed by atoms with Gasteiger partial charge in [0.25, 0.3) is 0 Å². The van der Waals surface area contributed by atoms with E-state index in [0.717, 1.165) is 0 Å². The molecule has 0 bridgehead atoms. The van der Waals surface area contributed by atoms with Crippen molar-refractivity contribution in [3.8, 4) is 0 Å². The van der Waals surface area contributed by atoms with Crippen LogP contribution in [-0.4, -0.2) is 51.2 Å². The maximum atomic E-state index is 12.0. The first-order valence-electron chi connectivity index (χ1n) is 5.90. The minimum atomic E-state index is -1.06. The molecule has 0 saturated carbocycles. The van der Waals surface area contributed by atoms with Gasteiger partial charge in [0, 0.05) is 25.5 Å². The van der Waals surface area contributed by atoms with Crippen molar-refractivity contribution in [1.29, 1.82) is 0 Å². The number of likely N-dealkylation sites (tertiary alicyclic amines) is 1. The molecule has 1 saturated heterocycles. The quantitative estimate of drug-likeness (QED) is 0.642. The molecule has 18 heavy (non-hydrogen) atoms. The van der Waals surface area contributed by atoms with Crippen LogP contribution in [0.15, 0.2) is 24.5 Å². The molecule has 6 heteroatoms. The van der Waals surface area contributed by atoms with Crippen molar-refractivity contribution < 1.29 is 15.0 Å². The topological polar surface area (TPSA) is 99.7 Å². The maximum absolute atomic E-state index is 12.0. The Morgan fingerprint density at radius 1 is 1.50 bits per heavy atom. The Bertz CT molecular complexity index is 412. The summed E-state index contributed by atoms with van der Waals surface area (Å²) >= 11 is 0. The first kappa shape index (κ1) is 12.9. The number of amides is 1. The van der Waals surface area contributed by atoms with Crippen LogP contribution in [0.3, 0.4) is 0 Å². The zero-order chi connectivity index (χ0) is 13.1. The smallest absolute Gasteiger partial charge is 0.242 e. The summed E-state index contributed by atoms with van der Waals surface area (Å²) in [6, 6.07) is 2.23. The lowest BCUT2D eigenvalue weighted by atomic mass is 10.0. The normalized spacial score (nSPS) is 22.8. The Labute approximate surface area is 105 Å². The highest BCUT2D eigenvalue weighted by Gasteiger charge is 2.32. The maximum Gasteiger partial charge on any atom is 0.242 e. The Morgan fingerprint density at radius 3 is 2.72 bits per heavy atom. The van der Waals surface area contributed by atoms with Crippen LogP contribution in [0.25, 0.3) is 0 Å². The zero-order valence-electron chi connectivity index (χ0n) is 9.94. The number of carbonyl (C=O) groups excluding carboxylic acids is 1. The molecular weight excluding hydrogens is 234 g/mol. The van der Waals surface area contributed by atoms with Gasteiger partial charge in [0.05, 0.1) is 6.10 Å². The van der Waals surface area contributed by atoms with Gasteiger partial charge in [-0.2, -0.15) is 0 Å². The van der Waals surface area contributed by atoms with E-state index in [2.05, 4.69) is 4.98 Å². The number of nitrogens with zero attached hydrogens (tertiary/aromatic N) is 2. The van der Waals surface area contributed by atoms with E-state index in [-0.39, 0.29) is 12.5 Å². The predicted octanol–water partition coefficient (Wildman–Crippen LogP) is -0.964. The van der Waals surface area contributed by atoms with Gasteiger partial charge in [0.2, 0.25) is 5.91 Å². The molecule has 1 aromatic heterocycles. The first-order valence-corrected chi connectivity index (χ1v) is 5.90. The largest absolute Gasteiger partial charge is 0.391 e. The molecule has 0 aromatic carbocycles. The van der Waals surface area contributed by atoms with Crippen LogP contribution in [0, 0.1) is 0 Å². The molecule has 2 heterocycles. The van der Waals surface area contributed by atoms with Crippen LogP contribution in [0.4, 0.5) is 0 Å². The summed E-state index contributed by atoms with van der Waals surface area (Å²) in [7, 11) is 0. The summed E-state index contributed by atoms with van der Waals surface area (Å²) in [4.78, 5) is 17.3. The molecule has 1 aromatic rings. The number of aliphatic hydroxyl groups excluding tert-OH is 2. The average Bonchev–Trinajstić information content (AvgIpc) is 2.84. The van der Waals surface area contributed by atoms with E-state index in [4.69, 9.17) is 5.73 Å². The minimum absolute atomic E-state index is 0.287. The van der Waals surface area contributed by atoms with Crippen LogP contribution in [0.1, 0.15) is 18.1 Å². The zero-order valence-corrected chi connectivity index (χ0v) is 9.94. The Balaban J connectivity index is 2.02. The summed E-state index contributed by atoms with van der Waals surface area (Å²) in [5.74, 6) is -0.337.